The first-order chi connectivity index (χ1) is 13.8. The van der Waals surface area contributed by atoms with Crippen molar-refractivity contribution in [2.45, 2.75) is 25.3 Å². The van der Waals surface area contributed by atoms with Crippen LogP contribution in [0.2, 0.25) is 5.02 Å². The number of anilines is 2. The van der Waals surface area contributed by atoms with E-state index in [9.17, 15) is 14.0 Å². The number of aromatic nitrogens is 1. The van der Waals surface area contributed by atoms with Crippen molar-refractivity contribution in [2.75, 3.05) is 23.3 Å². The summed E-state index contributed by atoms with van der Waals surface area (Å²) in [6.45, 7) is 3.09. The molecule has 1 amide bonds. The molecule has 150 valence electrons. The molecule has 0 spiro atoms. The number of carbonyl (C=O) groups is 2. The average molecular weight is 433 g/mol. The summed E-state index contributed by atoms with van der Waals surface area (Å²) < 4.78 is 13.2. The van der Waals surface area contributed by atoms with Gasteiger partial charge in [-0.15, -0.1) is 0 Å². The van der Waals surface area contributed by atoms with Gasteiger partial charge in [-0.1, -0.05) is 17.7 Å². The van der Waals surface area contributed by atoms with Crippen molar-refractivity contribution in [3.8, 4) is 0 Å². The molecule has 2 aliphatic heterocycles. The maximum Gasteiger partial charge on any atom is 0.274 e. The van der Waals surface area contributed by atoms with Gasteiger partial charge in [0.15, 0.2) is 10.9 Å². The zero-order valence-electron chi connectivity index (χ0n) is 15.6. The molecule has 3 heterocycles. The van der Waals surface area contributed by atoms with Crippen LogP contribution in [0.3, 0.4) is 0 Å². The second-order valence-corrected chi connectivity index (χ2v) is 8.06. The van der Waals surface area contributed by atoms with E-state index in [-0.39, 0.29) is 11.5 Å². The van der Waals surface area contributed by atoms with Gasteiger partial charge >= 0.3 is 0 Å². The Morgan fingerprint density at radius 1 is 1.34 bits per heavy atom. The minimum atomic E-state index is -0.729. The standard InChI is InChI=1S/C20H18ClFN4O2S/c1-20-11-25(19(29)26(20)9-3-5-16(20)27)15-8-7-12(10-13(15)21)23-18(28)14-4-2-6-17(22)24-14/h2,4,6-8,10H,3,5,9,11H2,1H3,(H,23,28). The second-order valence-electron chi connectivity index (χ2n) is 7.29. The Hall–Kier alpha value is -2.58. The van der Waals surface area contributed by atoms with Crippen LogP contribution in [0.5, 0.6) is 0 Å². The minimum absolute atomic E-state index is 0.0331. The molecule has 1 aromatic carbocycles. The number of pyridine rings is 1. The Labute approximate surface area is 177 Å². The Morgan fingerprint density at radius 2 is 2.14 bits per heavy atom. The number of nitrogens with zero attached hydrogens (tertiary/aromatic N) is 3. The molecule has 1 unspecified atom stereocenters. The zero-order chi connectivity index (χ0) is 20.8. The summed E-state index contributed by atoms with van der Waals surface area (Å²) in [4.78, 5) is 32.2. The van der Waals surface area contributed by atoms with Crippen LogP contribution in [-0.4, -0.2) is 45.3 Å². The van der Waals surface area contributed by atoms with Gasteiger partial charge < -0.3 is 15.1 Å². The lowest BCUT2D eigenvalue weighted by atomic mass is 9.88. The third kappa shape index (κ3) is 3.47. The summed E-state index contributed by atoms with van der Waals surface area (Å²) in [6, 6.07) is 9.03. The smallest absolute Gasteiger partial charge is 0.274 e. The van der Waals surface area contributed by atoms with Crippen molar-refractivity contribution in [3.63, 3.8) is 0 Å². The van der Waals surface area contributed by atoms with Crippen LogP contribution in [0.1, 0.15) is 30.3 Å². The summed E-state index contributed by atoms with van der Waals surface area (Å²) in [5.74, 6) is -1.09. The largest absolute Gasteiger partial charge is 0.335 e. The zero-order valence-corrected chi connectivity index (χ0v) is 17.2. The van der Waals surface area contributed by atoms with Crippen LogP contribution in [0.25, 0.3) is 0 Å². The molecule has 4 rings (SSSR count). The molecule has 2 fully saturated rings. The van der Waals surface area contributed by atoms with Crippen LogP contribution in [0, 0.1) is 5.95 Å². The predicted octanol–water partition coefficient (Wildman–Crippen LogP) is 3.65. The molecule has 2 aromatic rings. The Morgan fingerprint density at radius 3 is 2.83 bits per heavy atom. The number of fused-ring (bicyclic) bond motifs is 1. The van der Waals surface area contributed by atoms with Crippen molar-refractivity contribution in [3.05, 3.63) is 53.1 Å². The first-order valence-electron chi connectivity index (χ1n) is 9.15. The van der Waals surface area contributed by atoms with E-state index in [1.165, 1.54) is 18.2 Å². The lowest BCUT2D eigenvalue weighted by molar-refractivity contribution is -0.129. The fourth-order valence-electron chi connectivity index (χ4n) is 3.79. The van der Waals surface area contributed by atoms with Crippen molar-refractivity contribution in [2.24, 2.45) is 0 Å². The number of hydrogen-bond donors (Lipinski definition) is 1. The number of halogens is 2. The Balaban J connectivity index is 1.56. The highest BCUT2D eigenvalue weighted by atomic mass is 35.5. The van der Waals surface area contributed by atoms with E-state index in [2.05, 4.69) is 10.3 Å². The highest BCUT2D eigenvalue weighted by molar-refractivity contribution is 7.80. The maximum atomic E-state index is 13.2. The third-order valence-corrected chi connectivity index (χ3v) is 6.10. The van der Waals surface area contributed by atoms with E-state index in [0.29, 0.717) is 34.5 Å². The van der Waals surface area contributed by atoms with E-state index < -0.39 is 17.4 Å². The number of rotatable bonds is 3. The quantitative estimate of drug-likeness (QED) is 0.590. The summed E-state index contributed by atoms with van der Waals surface area (Å²) in [5.41, 5.74) is 0.436. The van der Waals surface area contributed by atoms with E-state index >= 15 is 0 Å². The number of piperidine rings is 1. The molecular weight excluding hydrogens is 415 g/mol. The SMILES string of the molecule is CC12CN(c3ccc(NC(=O)c4cccc(F)n4)cc3Cl)C(=S)N1CCCC2=O. The highest BCUT2D eigenvalue weighted by Gasteiger charge is 2.51. The number of Topliss-reactive ketones (excluding diaryl/α,β-unsaturated/α-hetero) is 1. The first-order valence-corrected chi connectivity index (χ1v) is 9.94. The van der Waals surface area contributed by atoms with Crippen molar-refractivity contribution < 1.29 is 14.0 Å². The van der Waals surface area contributed by atoms with Gasteiger partial charge in [0.05, 0.1) is 17.3 Å². The number of thiocarbonyl (C=S) groups is 1. The molecule has 0 aliphatic carbocycles. The molecule has 1 aromatic heterocycles. The van der Waals surface area contributed by atoms with E-state index in [4.69, 9.17) is 23.8 Å². The monoisotopic (exact) mass is 432 g/mol. The fourth-order valence-corrected chi connectivity index (χ4v) is 4.53. The highest BCUT2D eigenvalue weighted by Crippen LogP contribution is 2.39. The average Bonchev–Trinajstić information content (AvgIpc) is 2.95. The van der Waals surface area contributed by atoms with Crippen molar-refractivity contribution in [1.82, 2.24) is 9.88 Å². The summed E-state index contributed by atoms with van der Waals surface area (Å²) in [7, 11) is 0. The number of nitrogens with one attached hydrogen (secondary N) is 1. The molecule has 0 radical (unpaired) electrons. The topological polar surface area (TPSA) is 65.5 Å². The number of benzene rings is 1. The fraction of sp³-hybridized carbons (Fsp3) is 0.300. The van der Waals surface area contributed by atoms with Crippen LogP contribution in [0.4, 0.5) is 15.8 Å². The lowest BCUT2D eigenvalue weighted by Crippen LogP contribution is -2.54. The van der Waals surface area contributed by atoms with Crippen molar-refractivity contribution in [1.29, 1.82) is 0 Å². The maximum absolute atomic E-state index is 13.2. The molecular formula is C20H18ClFN4O2S. The molecule has 0 saturated carbocycles. The van der Waals surface area contributed by atoms with Gasteiger partial charge in [-0.25, -0.2) is 4.98 Å². The summed E-state index contributed by atoms with van der Waals surface area (Å²) >= 11 is 12.1. The molecule has 1 N–H and O–H groups in total. The number of hydrogen-bond acceptors (Lipinski definition) is 4. The summed E-state index contributed by atoms with van der Waals surface area (Å²) in [5, 5.41) is 3.61. The summed E-state index contributed by atoms with van der Waals surface area (Å²) in [6.07, 6.45) is 1.34. The number of carbonyl (C=O) groups excluding carboxylic acids is 2. The molecule has 29 heavy (non-hydrogen) atoms. The Bertz CT molecular complexity index is 1030. The van der Waals surface area contributed by atoms with Gasteiger partial charge in [-0.05, 0) is 55.9 Å². The van der Waals surface area contributed by atoms with Gasteiger partial charge in [-0.3, -0.25) is 9.59 Å². The van der Waals surface area contributed by atoms with Gasteiger partial charge in [0.25, 0.3) is 5.91 Å². The molecule has 1 atom stereocenters. The van der Waals surface area contributed by atoms with E-state index in [1.807, 2.05) is 16.7 Å². The van der Waals surface area contributed by atoms with Crippen LogP contribution >= 0.6 is 23.8 Å². The third-order valence-electron chi connectivity index (χ3n) is 5.35. The molecule has 9 heteroatoms. The Kier molecular flexibility index (Phi) is 5.00. The minimum Gasteiger partial charge on any atom is -0.335 e. The van der Waals surface area contributed by atoms with E-state index in [1.54, 1.807) is 18.2 Å². The van der Waals surface area contributed by atoms with Crippen LogP contribution in [0.15, 0.2) is 36.4 Å². The number of ketones is 1. The van der Waals surface area contributed by atoms with Gasteiger partial charge in [0.2, 0.25) is 5.95 Å². The lowest BCUT2D eigenvalue weighted by Gasteiger charge is -2.37. The molecule has 0 bridgehead atoms. The second kappa shape index (κ2) is 7.35. The normalized spacial score (nSPS) is 21.3. The predicted molar refractivity (Wildman–Crippen MR) is 113 cm³/mol. The number of amides is 1. The van der Waals surface area contributed by atoms with Gasteiger partial charge in [0, 0.05) is 18.7 Å². The molecule has 2 saturated heterocycles. The van der Waals surface area contributed by atoms with Crippen LogP contribution < -0.4 is 10.2 Å². The van der Waals surface area contributed by atoms with Crippen LogP contribution in [-0.2, 0) is 4.79 Å². The molecule has 2 aliphatic rings. The van der Waals surface area contributed by atoms with Gasteiger partial charge in [0.1, 0.15) is 11.2 Å². The molecule has 6 nitrogen and oxygen atoms in total. The first kappa shape index (κ1) is 19.7. The van der Waals surface area contributed by atoms with E-state index in [0.717, 1.165) is 13.0 Å². The van der Waals surface area contributed by atoms with Gasteiger partial charge in [-0.2, -0.15) is 4.39 Å². The van der Waals surface area contributed by atoms with Crippen molar-refractivity contribution >= 4 is 52.0 Å².